The molecule has 1 aliphatic rings. The first-order valence-electron chi connectivity index (χ1n) is 8.93. The number of hydrogen-bond acceptors (Lipinski definition) is 4. The van der Waals surface area contributed by atoms with Crippen molar-refractivity contribution in [3.8, 4) is 0 Å². The largest absolute Gasteiger partial charge is 0.358 e. The number of thiocarbonyl (C=S) groups is 1. The van der Waals surface area contributed by atoms with Gasteiger partial charge in [-0.15, -0.1) is 0 Å². The fourth-order valence-corrected chi connectivity index (χ4v) is 3.42. The predicted octanol–water partition coefficient (Wildman–Crippen LogP) is 4.30. The topological polar surface area (TPSA) is 53.1 Å². The predicted molar refractivity (Wildman–Crippen MR) is 112 cm³/mol. The summed E-state index contributed by atoms with van der Waals surface area (Å²) in [6, 6.07) is 10.6. The highest BCUT2D eigenvalue weighted by atomic mass is 35.5. The van der Waals surface area contributed by atoms with E-state index >= 15 is 0 Å². The molecule has 26 heavy (non-hydrogen) atoms. The van der Waals surface area contributed by atoms with Crippen LogP contribution in [0, 0.1) is 6.92 Å². The van der Waals surface area contributed by atoms with Gasteiger partial charge in [0.15, 0.2) is 5.11 Å². The first-order valence-corrected chi connectivity index (χ1v) is 9.71. The lowest BCUT2D eigenvalue weighted by molar-refractivity contribution is 0.481. The maximum atomic E-state index is 6.21. The molecule has 0 aliphatic carbocycles. The zero-order chi connectivity index (χ0) is 18.5. The lowest BCUT2D eigenvalue weighted by Gasteiger charge is -2.34. The minimum atomic E-state index is 0.414. The molecule has 1 unspecified atom stereocenters. The second-order valence-electron chi connectivity index (χ2n) is 6.70. The third-order valence-electron chi connectivity index (χ3n) is 4.58. The molecule has 0 spiro atoms. The smallest absolute Gasteiger partial charge is 0.232 e. The van der Waals surface area contributed by atoms with Crippen LogP contribution in [0.15, 0.2) is 30.3 Å². The van der Waals surface area contributed by atoms with Crippen molar-refractivity contribution in [2.24, 2.45) is 0 Å². The highest BCUT2D eigenvalue weighted by molar-refractivity contribution is 7.80. The normalized spacial score (nSPS) is 17.0. The Kier molecular flexibility index (Phi) is 6.27. The molecule has 0 radical (unpaired) electrons. The number of piperidine rings is 1. The second-order valence-corrected chi connectivity index (χ2v) is 7.50. The van der Waals surface area contributed by atoms with Crippen LogP contribution in [0.2, 0.25) is 5.15 Å². The van der Waals surface area contributed by atoms with Crippen LogP contribution < -0.4 is 15.5 Å². The Morgan fingerprint density at radius 3 is 2.77 bits per heavy atom. The van der Waals surface area contributed by atoms with Crippen LogP contribution >= 0.6 is 23.8 Å². The molecular formula is C19H24ClN5S. The Hall–Kier alpha value is -1.92. The first kappa shape index (κ1) is 18.9. The fourth-order valence-electron chi connectivity index (χ4n) is 3.08. The van der Waals surface area contributed by atoms with Crippen molar-refractivity contribution < 1.29 is 0 Å². The zero-order valence-electron chi connectivity index (χ0n) is 15.1. The summed E-state index contributed by atoms with van der Waals surface area (Å²) in [5, 5.41) is 7.11. The summed E-state index contributed by atoms with van der Waals surface area (Å²) in [6.07, 6.45) is 3.60. The van der Waals surface area contributed by atoms with E-state index in [1.807, 2.05) is 6.07 Å². The number of anilines is 2. The lowest BCUT2D eigenvalue weighted by atomic mass is 10.0. The van der Waals surface area contributed by atoms with Crippen molar-refractivity contribution in [3.05, 3.63) is 46.6 Å². The van der Waals surface area contributed by atoms with Crippen LogP contribution in [0.3, 0.4) is 0 Å². The van der Waals surface area contributed by atoms with Gasteiger partial charge in [0.1, 0.15) is 11.0 Å². The Labute approximate surface area is 165 Å². The van der Waals surface area contributed by atoms with Crippen molar-refractivity contribution >= 4 is 40.7 Å². The number of aromatic nitrogens is 2. The number of halogens is 1. The van der Waals surface area contributed by atoms with Gasteiger partial charge in [-0.3, -0.25) is 0 Å². The number of nitrogens with one attached hydrogen (secondary N) is 2. The van der Waals surface area contributed by atoms with Crippen molar-refractivity contribution in [1.29, 1.82) is 0 Å². The molecule has 1 aromatic heterocycles. The van der Waals surface area contributed by atoms with Gasteiger partial charge < -0.3 is 15.5 Å². The maximum absolute atomic E-state index is 6.21. The molecule has 1 aromatic carbocycles. The molecular weight excluding hydrogens is 366 g/mol. The summed E-state index contributed by atoms with van der Waals surface area (Å²) in [6.45, 7) is 5.92. The molecule has 2 aromatic rings. The van der Waals surface area contributed by atoms with E-state index in [1.165, 1.54) is 24.8 Å². The Morgan fingerprint density at radius 2 is 2.04 bits per heavy atom. The average molecular weight is 390 g/mol. The molecule has 138 valence electrons. The quantitative estimate of drug-likeness (QED) is 0.600. The number of rotatable bonds is 4. The molecule has 1 aliphatic heterocycles. The highest BCUT2D eigenvalue weighted by Gasteiger charge is 2.20. The Bertz CT molecular complexity index is 765. The van der Waals surface area contributed by atoms with Crippen LogP contribution in [0.1, 0.15) is 37.3 Å². The molecule has 0 amide bonds. The molecule has 5 nitrogen and oxygen atoms in total. The summed E-state index contributed by atoms with van der Waals surface area (Å²) in [5.74, 6) is 1.27. The summed E-state index contributed by atoms with van der Waals surface area (Å²) in [7, 11) is 0. The van der Waals surface area contributed by atoms with E-state index in [0.29, 0.717) is 28.8 Å². The van der Waals surface area contributed by atoms with Crippen molar-refractivity contribution in [3.63, 3.8) is 0 Å². The number of benzene rings is 1. The average Bonchev–Trinajstić information content (AvgIpc) is 2.61. The monoisotopic (exact) mass is 389 g/mol. The van der Waals surface area contributed by atoms with E-state index in [0.717, 1.165) is 17.9 Å². The SMILES string of the molecule is Cc1ccc(CNC(=S)Nc2nc(Cl)cc(N3CCCCC3C)n2)cc1. The third kappa shape index (κ3) is 5.05. The summed E-state index contributed by atoms with van der Waals surface area (Å²) in [5.41, 5.74) is 2.40. The van der Waals surface area contributed by atoms with Gasteiger partial charge in [0, 0.05) is 25.2 Å². The summed E-state index contributed by atoms with van der Waals surface area (Å²) in [4.78, 5) is 11.1. The number of nitrogens with zero attached hydrogens (tertiary/aromatic N) is 3. The minimum Gasteiger partial charge on any atom is -0.358 e. The molecule has 3 rings (SSSR count). The molecule has 2 heterocycles. The number of hydrogen-bond donors (Lipinski definition) is 2. The Balaban J connectivity index is 1.63. The standard InChI is InChI=1S/C19H24ClN5S/c1-13-6-8-15(9-7-13)12-21-19(26)24-18-22-16(20)11-17(23-18)25-10-4-3-5-14(25)2/h6-9,11,14H,3-5,10,12H2,1-2H3,(H2,21,22,23,24,26). The van der Waals surface area contributed by atoms with E-state index in [4.69, 9.17) is 23.8 Å². The summed E-state index contributed by atoms with van der Waals surface area (Å²) >= 11 is 11.6. The highest BCUT2D eigenvalue weighted by Crippen LogP contribution is 2.25. The Morgan fingerprint density at radius 1 is 1.27 bits per heavy atom. The van der Waals surface area contributed by atoms with Gasteiger partial charge in [0.05, 0.1) is 0 Å². The fraction of sp³-hybridized carbons (Fsp3) is 0.421. The minimum absolute atomic E-state index is 0.414. The van der Waals surface area contributed by atoms with Gasteiger partial charge in [0.25, 0.3) is 0 Å². The van der Waals surface area contributed by atoms with Crippen molar-refractivity contribution in [1.82, 2.24) is 15.3 Å². The van der Waals surface area contributed by atoms with E-state index in [2.05, 4.69) is 63.6 Å². The maximum Gasteiger partial charge on any atom is 0.232 e. The van der Waals surface area contributed by atoms with Gasteiger partial charge in [-0.25, -0.2) is 4.98 Å². The molecule has 1 fully saturated rings. The molecule has 1 saturated heterocycles. The van der Waals surface area contributed by atoms with Crippen LogP contribution in [-0.2, 0) is 6.54 Å². The van der Waals surface area contributed by atoms with E-state index in [9.17, 15) is 0 Å². The zero-order valence-corrected chi connectivity index (χ0v) is 16.7. The second kappa shape index (κ2) is 8.64. The van der Waals surface area contributed by atoms with E-state index in [1.54, 1.807) is 0 Å². The van der Waals surface area contributed by atoms with E-state index < -0.39 is 0 Å². The molecule has 0 bridgehead atoms. The van der Waals surface area contributed by atoms with Crippen LogP contribution in [0.25, 0.3) is 0 Å². The van der Waals surface area contributed by atoms with Crippen LogP contribution in [0.4, 0.5) is 11.8 Å². The number of aryl methyl sites for hydroxylation is 1. The molecule has 2 N–H and O–H groups in total. The van der Waals surface area contributed by atoms with E-state index in [-0.39, 0.29) is 0 Å². The van der Waals surface area contributed by atoms with Gasteiger partial charge in [-0.05, 0) is 50.9 Å². The van der Waals surface area contributed by atoms with Gasteiger partial charge in [0.2, 0.25) is 5.95 Å². The van der Waals surface area contributed by atoms with Gasteiger partial charge in [-0.2, -0.15) is 4.98 Å². The first-order chi connectivity index (χ1) is 12.5. The van der Waals surface area contributed by atoms with Crippen LogP contribution in [-0.4, -0.2) is 27.7 Å². The molecule has 0 saturated carbocycles. The lowest BCUT2D eigenvalue weighted by Crippen LogP contribution is -2.38. The van der Waals surface area contributed by atoms with Crippen LogP contribution in [0.5, 0.6) is 0 Å². The van der Waals surface area contributed by atoms with Crippen molar-refractivity contribution in [2.45, 2.75) is 45.7 Å². The molecule has 1 atom stereocenters. The third-order valence-corrected chi connectivity index (χ3v) is 5.02. The van der Waals surface area contributed by atoms with Crippen molar-refractivity contribution in [2.75, 3.05) is 16.8 Å². The van der Waals surface area contributed by atoms with Gasteiger partial charge in [-0.1, -0.05) is 41.4 Å². The molecule has 7 heteroatoms. The summed E-state index contributed by atoms with van der Waals surface area (Å²) < 4.78 is 0. The van der Waals surface area contributed by atoms with Gasteiger partial charge >= 0.3 is 0 Å².